The van der Waals surface area contributed by atoms with Crippen LogP contribution in [-0.4, -0.2) is 51.2 Å². The summed E-state index contributed by atoms with van der Waals surface area (Å²) in [5, 5.41) is 4.15. The zero-order valence-corrected chi connectivity index (χ0v) is 16.6. The third-order valence-corrected chi connectivity index (χ3v) is 6.33. The average Bonchev–Trinajstić information content (AvgIpc) is 3.23. The van der Waals surface area contributed by atoms with E-state index in [-0.39, 0.29) is 0 Å². The van der Waals surface area contributed by atoms with Crippen molar-refractivity contribution < 1.29 is 4.52 Å². The minimum absolute atomic E-state index is 0.615. The molecule has 1 saturated heterocycles. The molecule has 0 saturated carbocycles. The first kappa shape index (κ1) is 17.7. The maximum absolute atomic E-state index is 5.46. The van der Waals surface area contributed by atoms with Crippen molar-refractivity contribution in [3.05, 3.63) is 59.6 Å². The quantitative estimate of drug-likeness (QED) is 0.674. The molecule has 1 aromatic carbocycles. The summed E-state index contributed by atoms with van der Waals surface area (Å²) < 4.78 is 5.46. The van der Waals surface area contributed by atoms with E-state index in [1.54, 1.807) is 0 Å². The van der Waals surface area contributed by atoms with E-state index in [4.69, 9.17) is 4.52 Å². The third-order valence-electron chi connectivity index (χ3n) is 5.39. The van der Waals surface area contributed by atoms with Crippen LogP contribution in [0.5, 0.6) is 0 Å². The molecule has 0 bridgehead atoms. The first-order valence-corrected chi connectivity index (χ1v) is 10.9. The molecule has 0 amide bonds. The Hall–Kier alpha value is -2.38. The van der Waals surface area contributed by atoms with Crippen LogP contribution in [0.2, 0.25) is 0 Å². The molecule has 5 rings (SSSR count). The zero-order chi connectivity index (χ0) is 18.8. The highest BCUT2D eigenvalue weighted by molar-refractivity contribution is 7.99. The van der Waals surface area contributed by atoms with Crippen LogP contribution in [0.4, 0.5) is 5.82 Å². The molecule has 2 aliphatic rings. The van der Waals surface area contributed by atoms with Crippen LogP contribution in [0.15, 0.2) is 47.1 Å². The number of aromatic nitrogens is 3. The van der Waals surface area contributed by atoms with Gasteiger partial charge in [0.2, 0.25) is 11.7 Å². The third kappa shape index (κ3) is 3.77. The Morgan fingerprint density at radius 2 is 1.86 bits per heavy atom. The molecule has 28 heavy (non-hydrogen) atoms. The molecule has 0 atom stereocenters. The fourth-order valence-corrected chi connectivity index (χ4v) is 4.76. The van der Waals surface area contributed by atoms with E-state index in [1.165, 1.54) is 22.6 Å². The fraction of sp³-hybridized carbons (Fsp3) is 0.381. The lowest BCUT2D eigenvalue weighted by molar-refractivity contribution is 0.245. The number of pyridine rings is 1. The van der Waals surface area contributed by atoms with Crippen molar-refractivity contribution in [2.75, 3.05) is 36.0 Å². The number of nitrogens with zero attached hydrogens (tertiary/aromatic N) is 5. The van der Waals surface area contributed by atoms with Gasteiger partial charge in [-0.25, -0.2) is 4.98 Å². The first-order valence-electron chi connectivity index (χ1n) is 9.76. The number of benzene rings is 1. The Bertz CT molecular complexity index is 936. The molecule has 7 heteroatoms. The molecular formula is C21H23N5OS. The summed E-state index contributed by atoms with van der Waals surface area (Å²) >= 11 is 2.00. The second-order valence-corrected chi connectivity index (χ2v) is 8.47. The lowest BCUT2D eigenvalue weighted by atomic mass is 10.00. The zero-order valence-electron chi connectivity index (χ0n) is 15.8. The molecule has 0 N–H and O–H groups in total. The van der Waals surface area contributed by atoms with Gasteiger partial charge in [0, 0.05) is 49.4 Å². The molecule has 2 aliphatic heterocycles. The number of anilines is 1. The number of rotatable bonds is 4. The van der Waals surface area contributed by atoms with Crippen molar-refractivity contribution in [3.8, 4) is 11.4 Å². The standard InChI is InChI=1S/C21H23N5OS/c1-2-4-18-14-26(8-7-16(18)3-1)19-6-5-17(13-22-19)21-23-20(27-24-21)15-25-9-11-28-12-10-25/h1-6,13H,7-12,14-15H2. The van der Waals surface area contributed by atoms with Gasteiger partial charge in [0.1, 0.15) is 5.82 Å². The highest BCUT2D eigenvalue weighted by atomic mass is 32.2. The molecule has 0 unspecified atom stereocenters. The van der Waals surface area contributed by atoms with E-state index < -0.39 is 0 Å². The molecular weight excluding hydrogens is 370 g/mol. The number of fused-ring (bicyclic) bond motifs is 1. The summed E-state index contributed by atoms with van der Waals surface area (Å²) in [6, 6.07) is 12.7. The highest BCUT2D eigenvalue weighted by Gasteiger charge is 2.18. The average molecular weight is 394 g/mol. The summed E-state index contributed by atoms with van der Waals surface area (Å²) in [4.78, 5) is 13.9. The predicted octanol–water partition coefficient (Wildman–Crippen LogP) is 3.24. The SMILES string of the molecule is c1ccc2c(c1)CCN(c1ccc(-c3noc(CN4CCSCC4)n3)cn1)C2. The van der Waals surface area contributed by atoms with Gasteiger partial charge in [0.15, 0.2) is 0 Å². The van der Waals surface area contributed by atoms with Gasteiger partial charge in [0.05, 0.1) is 6.54 Å². The summed E-state index contributed by atoms with van der Waals surface area (Å²) in [6.45, 7) is 4.79. The Morgan fingerprint density at radius 3 is 2.68 bits per heavy atom. The Balaban J connectivity index is 1.27. The number of hydrogen-bond acceptors (Lipinski definition) is 7. The molecule has 0 aliphatic carbocycles. The Kier molecular flexibility index (Phi) is 5.01. The van der Waals surface area contributed by atoms with Crippen LogP contribution in [-0.2, 0) is 19.5 Å². The summed E-state index contributed by atoms with van der Waals surface area (Å²) in [6.07, 6.45) is 2.91. The van der Waals surface area contributed by atoms with Crippen molar-refractivity contribution in [1.29, 1.82) is 0 Å². The monoisotopic (exact) mass is 393 g/mol. The van der Waals surface area contributed by atoms with E-state index in [0.29, 0.717) is 11.7 Å². The Morgan fingerprint density at radius 1 is 1.00 bits per heavy atom. The summed E-state index contributed by atoms with van der Waals surface area (Å²) in [5.41, 5.74) is 3.73. The molecule has 0 spiro atoms. The molecule has 1 fully saturated rings. The van der Waals surface area contributed by atoms with Gasteiger partial charge < -0.3 is 9.42 Å². The maximum Gasteiger partial charge on any atom is 0.241 e. The van der Waals surface area contributed by atoms with Crippen LogP contribution in [0.25, 0.3) is 11.4 Å². The topological polar surface area (TPSA) is 58.3 Å². The van der Waals surface area contributed by atoms with E-state index in [2.05, 4.69) is 55.3 Å². The second-order valence-electron chi connectivity index (χ2n) is 7.25. The number of thioether (sulfide) groups is 1. The van der Waals surface area contributed by atoms with E-state index in [1.807, 2.05) is 24.0 Å². The smallest absolute Gasteiger partial charge is 0.241 e. The fourth-order valence-electron chi connectivity index (χ4n) is 3.78. The van der Waals surface area contributed by atoms with Crippen LogP contribution in [0, 0.1) is 0 Å². The van der Waals surface area contributed by atoms with Crippen molar-refractivity contribution in [1.82, 2.24) is 20.0 Å². The molecule has 4 heterocycles. The molecule has 3 aromatic rings. The predicted molar refractivity (Wildman–Crippen MR) is 111 cm³/mol. The molecule has 0 radical (unpaired) electrons. The van der Waals surface area contributed by atoms with E-state index in [9.17, 15) is 0 Å². The van der Waals surface area contributed by atoms with Gasteiger partial charge in [-0.3, -0.25) is 4.90 Å². The van der Waals surface area contributed by atoms with Crippen molar-refractivity contribution in [3.63, 3.8) is 0 Å². The summed E-state index contributed by atoms with van der Waals surface area (Å²) in [7, 11) is 0. The van der Waals surface area contributed by atoms with Crippen LogP contribution in [0.1, 0.15) is 17.0 Å². The van der Waals surface area contributed by atoms with Gasteiger partial charge >= 0.3 is 0 Å². The lowest BCUT2D eigenvalue weighted by Gasteiger charge is -2.29. The van der Waals surface area contributed by atoms with Gasteiger partial charge in [-0.05, 0) is 29.7 Å². The minimum atomic E-state index is 0.615. The first-order chi connectivity index (χ1) is 13.8. The van der Waals surface area contributed by atoms with Crippen LogP contribution < -0.4 is 4.90 Å². The number of hydrogen-bond donors (Lipinski definition) is 0. The second kappa shape index (κ2) is 7.93. The van der Waals surface area contributed by atoms with E-state index in [0.717, 1.165) is 50.5 Å². The Labute approximate surface area is 169 Å². The molecule has 2 aromatic heterocycles. The summed E-state index contributed by atoms with van der Waals surface area (Å²) in [5.74, 6) is 4.64. The van der Waals surface area contributed by atoms with Gasteiger partial charge in [0.25, 0.3) is 0 Å². The highest BCUT2D eigenvalue weighted by Crippen LogP contribution is 2.25. The van der Waals surface area contributed by atoms with Crippen molar-refractivity contribution in [2.45, 2.75) is 19.5 Å². The van der Waals surface area contributed by atoms with Crippen LogP contribution in [0.3, 0.4) is 0 Å². The van der Waals surface area contributed by atoms with Gasteiger partial charge in [-0.15, -0.1) is 0 Å². The lowest BCUT2D eigenvalue weighted by Crippen LogP contribution is -2.32. The largest absolute Gasteiger partial charge is 0.352 e. The normalized spacial score (nSPS) is 17.5. The molecule has 6 nitrogen and oxygen atoms in total. The van der Waals surface area contributed by atoms with Crippen molar-refractivity contribution in [2.24, 2.45) is 0 Å². The van der Waals surface area contributed by atoms with Gasteiger partial charge in [-0.1, -0.05) is 29.4 Å². The molecule has 144 valence electrons. The van der Waals surface area contributed by atoms with E-state index >= 15 is 0 Å². The minimum Gasteiger partial charge on any atom is -0.352 e. The van der Waals surface area contributed by atoms with Gasteiger partial charge in [-0.2, -0.15) is 16.7 Å². The maximum atomic E-state index is 5.46. The van der Waals surface area contributed by atoms with Crippen LogP contribution >= 0.6 is 11.8 Å². The van der Waals surface area contributed by atoms with Crippen molar-refractivity contribution >= 4 is 17.6 Å².